The third kappa shape index (κ3) is 4.60. The van der Waals surface area contributed by atoms with Gasteiger partial charge in [-0.05, 0) is 37.1 Å². The van der Waals surface area contributed by atoms with Crippen LogP contribution in [0.1, 0.15) is 32.1 Å². The van der Waals surface area contributed by atoms with Crippen molar-refractivity contribution in [3.8, 4) is 0 Å². The summed E-state index contributed by atoms with van der Waals surface area (Å²) in [4.78, 5) is 23.9. The van der Waals surface area contributed by atoms with Crippen molar-refractivity contribution in [3.63, 3.8) is 0 Å². The molecule has 1 fully saturated rings. The van der Waals surface area contributed by atoms with Crippen LogP contribution in [0.5, 0.6) is 0 Å². The zero-order valence-electron chi connectivity index (χ0n) is 14.6. The zero-order chi connectivity index (χ0) is 19.4. The topological polar surface area (TPSA) is 98.1 Å². The van der Waals surface area contributed by atoms with Gasteiger partial charge in [0.25, 0.3) is 5.56 Å². The van der Waals surface area contributed by atoms with E-state index in [1.165, 1.54) is 12.1 Å². The lowest BCUT2D eigenvalue weighted by atomic mass is 9.95. The molecule has 144 valence electrons. The summed E-state index contributed by atoms with van der Waals surface area (Å²) in [7, 11) is -4.11. The van der Waals surface area contributed by atoms with Crippen LogP contribution in [-0.2, 0) is 21.2 Å². The number of rotatable bonds is 5. The van der Waals surface area contributed by atoms with Gasteiger partial charge in [0, 0.05) is 12.1 Å². The van der Waals surface area contributed by atoms with Crippen molar-refractivity contribution in [2.45, 2.75) is 54.6 Å². The highest BCUT2D eigenvalue weighted by Crippen LogP contribution is 2.19. The van der Waals surface area contributed by atoms with E-state index in [-0.39, 0.29) is 17.5 Å². The van der Waals surface area contributed by atoms with Gasteiger partial charge < -0.3 is 5.32 Å². The monoisotopic (exact) mass is 393 g/mol. The number of amides is 1. The van der Waals surface area contributed by atoms with Crippen LogP contribution in [0.2, 0.25) is 0 Å². The summed E-state index contributed by atoms with van der Waals surface area (Å²) in [6, 6.07) is 6.68. The smallest absolute Gasteiger partial charge is 0.267 e. The van der Waals surface area contributed by atoms with Crippen LogP contribution in [0.15, 0.2) is 51.1 Å². The van der Waals surface area contributed by atoms with E-state index in [0.717, 1.165) is 61.1 Å². The molecule has 0 radical (unpaired) electrons. The Bertz CT molecular complexity index is 998. The van der Waals surface area contributed by atoms with Crippen LogP contribution in [-0.4, -0.2) is 30.1 Å². The Labute approximate surface area is 156 Å². The predicted octanol–water partition coefficient (Wildman–Crippen LogP) is 1.66. The second-order valence-electron chi connectivity index (χ2n) is 6.53. The van der Waals surface area contributed by atoms with Gasteiger partial charge in [0.2, 0.25) is 15.7 Å². The van der Waals surface area contributed by atoms with Crippen LogP contribution < -0.4 is 10.9 Å². The van der Waals surface area contributed by atoms with Gasteiger partial charge in [0.15, 0.2) is 5.03 Å². The number of halogens is 1. The second kappa shape index (κ2) is 7.99. The van der Waals surface area contributed by atoms with Gasteiger partial charge >= 0.3 is 0 Å². The van der Waals surface area contributed by atoms with Gasteiger partial charge in [-0.25, -0.2) is 17.5 Å². The molecule has 9 heteroatoms. The highest BCUT2D eigenvalue weighted by atomic mass is 32.2. The van der Waals surface area contributed by atoms with E-state index >= 15 is 0 Å². The van der Waals surface area contributed by atoms with Crippen molar-refractivity contribution >= 4 is 15.7 Å². The molecule has 1 saturated carbocycles. The number of nitrogens with one attached hydrogen (secondary N) is 1. The first kappa shape index (κ1) is 19.2. The average molecular weight is 393 g/mol. The molecule has 3 rings (SSSR count). The predicted molar refractivity (Wildman–Crippen MR) is 95.4 cm³/mol. The summed E-state index contributed by atoms with van der Waals surface area (Å²) < 4.78 is 39.4. The van der Waals surface area contributed by atoms with Crippen LogP contribution >= 0.6 is 0 Å². The molecule has 0 atom stereocenters. The molecule has 0 bridgehead atoms. The number of carbonyl (C=O) groups is 1. The van der Waals surface area contributed by atoms with Crippen molar-refractivity contribution in [2.75, 3.05) is 0 Å². The maximum atomic E-state index is 13.4. The summed E-state index contributed by atoms with van der Waals surface area (Å²) in [5.74, 6) is -1.09. The van der Waals surface area contributed by atoms with Crippen LogP contribution in [0, 0.1) is 5.82 Å². The fourth-order valence-corrected chi connectivity index (χ4v) is 4.32. The molecule has 1 N–H and O–H groups in total. The molecule has 1 aliphatic rings. The van der Waals surface area contributed by atoms with Crippen LogP contribution in [0.4, 0.5) is 4.39 Å². The maximum Gasteiger partial charge on any atom is 0.267 e. The average Bonchev–Trinajstić information content (AvgIpc) is 2.64. The van der Waals surface area contributed by atoms with E-state index in [2.05, 4.69) is 10.4 Å². The molecule has 7 nitrogen and oxygen atoms in total. The van der Waals surface area contributed by atoms with E-state index in [1.54, 1.807) is 0 Å². The quantitative estimate of drug-likeness (QED) is 0.833. The molecule has 1 heterocycles. The molecule has 0 unspecified atom stereocenters. The molecule has 0 saturated heterocycles. The summed E-state index contributed by atoms with van der Waals surface area (Å²) >= 11 is 0. The minimum Gasteiger partial charge on any atom is -0.352 e. The molecule has 1 aliphatic carbocycles. The molecule has 0 spiro atoms. The second-order valence-corrected chi connectivity index (χ2v) is 8.43. The number of sulfone groups is 1. The van der Waals surface area contributed by atoms with Gasteiger partial charge in [-0.15, -0.1) is 0 Å². The largest absolute Gasteiger partial charge is 0.352 e. The summed E-state index contributed by atoms with van der Waals surface area (Å²) in [5.41, 5.74) is -0.591. The van der Waals surface area contributed by atoms with Crippen LogP contribution in [0.25, 0.3) is 0 Å². The first-order chi connectivity index (χ1) is 12.9. The first-order valence-electron chi connectivity index (χ1n) is 8.74. The molecule has 1 aromatic heterocycles. The number of carbonyl (C=O) groups excluding carboxylic acids is 1. The highest BCUT2D eigenvalue weighted by molar-refractivity contribution is 7.91. The number of aromatic nitrogens is 2. The first-order valence-corrected chi connectivity index (χ1v) is 10.2. The fourth-order valence-electron chi connectivity index (χ4n) is 3.10. The Kier molecular flexibility index (Phi) is 5.69. The summed E-state index contributed by atoms with van der Waals surface area (Å²) in [6.45, 7) is -0.373. The molecule has 1 amide bonds. The number of nitrogens with zero attached hydrogens (tertiary/aromatic N) is 2. The Balaban J connectivity index is 1.81. The number of benzene rings is 1. The SMILES string of the molecule is O=C(Cn1nc(S(=O)(=O)c2cccc(F)c2)ccc1=O)NC1CCCCC1. The van der Waals surface area contributed by atoms with E-state index in [1.807, 2.05) is 0 Å². The fraction of sp³-hybridized carbons (Fsp3) is 0.389. The van der Waals surface area contributed by atoms with Crippen molar-refractivity contribution in [3.05, 3.63) is 52.6 Å². The lowest BCUT2D eigenvalue weighted by Crippen LogP contribution is -2.40. The van der Waals surface area contributed by atoms with Gasteiger partial charge in [0.1, 0.15) is 12.4 Å². The molecular formula is C18H20FN3O4S. The highest BCUT2D eigenvalue weighted by Gasteiger charge is 2.22. The lowest BCUT2D eigenvalue weighted by molar-refractivity contribution is -0.122. The third-order valence-electron chi connectivity index (χ3n) is 4.49. The molecule has 2 aromatic rings. The molecular weight excluding hydrogens is 373 g/mol. The van der Waals surface area contributed by atoms with Crippen molar-refractivity contribution in [1.82, 2.24) is 15.1 Å². The minimum absolute atomic E-state index is 0.0705. The van der Waals surface area contributed by atoms with E-state index in [9.17, 15) is 22.4 Å². The normalized spacial score (nSPS) is 15.4. The number of hydrogen-bond donors (Lipinski definition) is 1. The van der Waals surface area contributed by atoms with E-state index < -0.39 is 32.1 Å². The molecule has 0 aliphatic heterocycles. The third-order valence-corrected chi connectivity index (χ3v) is 6.13. The van der Waals surface area contributed by atoms with E-state index in [4.69, 9.17) is 0 Å². The van der Waals surface area contributed by atoms with E-state index in [0.29, 0.717) is 0 Å². The zero-order valence-corrected chi connectivity index (χ0v) is 15.4. The Morgan fingerprint density at radius 1 is 1.19 bits per heavy atom. The van der Waals surface area contributed by atoms with Crippen molar-refractivity contribution < 1.29 is 17.6 Å². The Hall–Kier alpha value is -2.55. The number of hydrogen-bond acceptors (Lipinski definition) is 5. The summed E-state index contributed by atoms with van der Waals surface area (Å²) in [5, 5.41) is 6.25. The lowest BCUT2D eigenvalue weighted by Gasteiger charge is -2.22. The molecule has 1 aromatic carbocycles. The van der Waals surface area contributed by atoms with Crippen molar-refractivity contribution in [2.24, 2.45) is 0 Å². The van der Waals surface area contributed by atoms with Crippen LogP contribution in [0.3, 0.4) is 0 Å². The Morgan fingerprint density at radius 2 is 1.93 bits per heavy atom. The van der Waals surface area contributed by atoms with Gasteiger partial charge in [-0.3, -0.25) is 9.59 Å². The summed E-state index contributed by atoms with van der Waals surface area (Å²) in [6.07, 6.45) is 5.02. The van der Waals surface area contributed by atoms with Crippen molar-refractivity contribution in [1.29, 1.82) is 0 Å². The molecule has 27 heavy (non-hydrogen) atoms. The minimum atomic E-state index is -4.11. The van der Waals surface area contributed by atoms with Gasteiger partial charge in [-0.2, -0.15) is 5.10 Å². The Morgan fingerprint density at radius 3 is 2.63 bits per heavy atom. The van der Waals surface area contributed by atoms with Gasteiger partial charge in [0.05, 0.1) is 4.90 Å². The van der Waals surface area contributed by atoms with Gasteiger partial charge in [-0.1, -0.05) is 25.3 Å². The maximum absolute atomic E-state index is 13.4. The standard InChI is InChI=1S/C18H20FN3O4S/c19-13-5-4-8-15(11-13)27(25,26)17-9-10-18(24)22(21-17)12-16(23)20-14-6-2-1-3-7-14/h4-5,8-11,14H,1-3,6-7,12H2,(H,20,23).